The van der Waals surface area contributed by atoms with E-state index in [4.69, 9.17) is 0 Å². The van der Waals surface area contributed by atoms with Crippen molar-refractivity contribution < 1.29 is 0 Å². The molecule has 0 spiro atoms. The van der Waals surface area contributed by atoms with Crippen LogP contribution in [0, 0.1) is 12.8 Å². The summed E-state index contributed by atoms with van der Waals surface area (Å²) >= 11 is 0. The fourth-order valence-electron chi connectivity index (χ4n) is 3.09. The van der Waals surface area contributed by atoms with Crippen molar-refractivity contribution in [3.8, 4) is 0 Å². The highest BCUT2D eigenvalue weighted by molar-refractivity contribution is 5.12. The third kappa shape index (κ3) is 3.29. The minimum atomic E-state index is 0.288. The van der Waals surface area contributed by atoms with E-state index in [1.165, 1.54) is 32.1 Å². The highest BCUT2D eigenvalue weighted by Crippen LogP contribution is 2.27. The zero-order valence-corrected chi connectivity index (χ0v) is 11.8. The number of aryl methyl sites for hydroxylation is 1. The first-order chi connectivity index (χ1) is 8.68. The lowest BCUT2D eigenvalue weighted by atomic mass is 9.84. The zero-order valence-electron chi connectivity index (χ0n) is 11.8. The van der Waals surface area contributed by atoms with E-state index in [2.05, 4.69) is 29.1 Å². The lowest BCUT2D eigenvalue weighted by Gasteiger charge is -2.30. The van der Waals surface area contributed by atoms with Gasteiger partial charge >= 0.3 is 0 Å². The number of hydrogen-bond acceptors (Lipinski definition) is 3. The first kappa shape index (κ1) is 13.5. The van der Waals surface area contributed by atoms with Crippen LogP contribution in [-0.2, 0) is 0 Å². The van der Waals surface area contributed by atoms with Crippen molar-refractivity contribution in [3.63, 3.8) is 0 Å². The van der Waals surface area contributed by atoms with Crippen LogP contribution < -0.4 is 5.32 Å². The molecule has 1 N–H and O–H groups in total. The first-order valence-corrected chi connectivity index (χ1v) is 7.22. The molecule has 1 saturated carbocycles. The van der Waals surface area contributed by atoms with E-state index >= 15 is 0 Å². The highest BCUT2D eigenvalue weighted by atomic mass is 15.0. The quantitative estimate of drug-likeness (QED) is 0.886. The number of rotatable bonds is 4. The third-order valence-corrected chi connectivity index (χ3v) is 4.20. The summed E-state index contributed by atoms with van der Waals surface area (Å²) in [4.78, 5) is 8.77. The summed E-state index contributed by atoms with van der Waals surface area (Å²) in [6, 6.07) is 0.859. The van der Waals surface area contributed by atoms with Gasteiger partial charge in [-0.25, -0.2) is 0 Å². The van der Waals surface area contributed by atoms with Crippen LogP contribution >= 0.6 is 0 Å². The second-order valence-electron chi connectivity index (χ2n) is 5.60. The molecule has 0 saturated heterocycles. The Hall–Kier alpha value is -0.960. The van der Waals surface area contributed by atoms with Crippen LogP contribution in [0.5, 0.6) is 0 Å². The zero-order chi connectivity index (χ0) is 13.0. The second kappa shape index (κ2) is 6.28. The van der Waals surface area contributed by atoms with Crippen molar-refractivity contribution in [3.05, 3.63) is 23.8 Å². The molecule has 1 aromatic rings. The summed E-state index contributed by atoms with van der Waals surface area (Å²) in [6.07, 6.45) is 10.5. The molecule has 2 unspecified atom stereocenters. The van der Waals surface area contributed by atoms with Gasteiger partial charge in [0.05, 0.1) is 11.4 Å². The van der Waals surface area contributed by atoms with Gasteiger partial charge in [-0.3, -0.25) is 9.97 Å². The van der Waals surface area contributed by atoms with Crippen LogP contribution in [0.2, 0.25) is 0 Å². The molecule has 1 aromatic heterocycles. The predicted octanol–water partition coefficient (Wildman–Crippen LogP) is 3.40. The van der Waals surface area contributed by atoms with Gasteiger partial charge in [0.1, 0.15) is 0 Å². The minimum absolute atomic E-state index is 0.288. The molecular weight excluding hydrogens is 222 g/mol. The SMILES string of the molecule is Cc1nccnc1C(C)NC(C)C1CCCCC1. The summed E-state index contributed by atoms with van der Waals surface area (Å²) in [5.74, 6) is 0.832. The van der Waals surface area contributed by atoms with E-state index in [1.807, 2.05) is 6.92 Å². The molecule has 0 radical (unpaired) electrons. The maximum absolute atomic E-state index is 4.45. The smallest absolute Gasteiger partial charge is 0.0782 e. The molecule has 2 rings (SSSR count). The standard InChI is InChI=1S/C15H25N3/c1-11(14-7-5-4-6-8-14)18-13(3)15-12(2)16-9-10-17-15/h9-11,13-14,18H,4-8H2,1-3H3. The Morgan fingerprint density at radius 1 is 1.11 bits per heavy atom. The van der Waals surface area contributed by atoms with Gasteiger partial charge in [0.2, 0.25) is 0 Å². The number of nitrogens with zero attached hydrogens (tertiary/aromatic N) is 2. The normalized spacial score (nSPS) is 20.6. The number of aromatic nitrogens is 2. The fourth-order valence-corrected chi connectivity index (χ4v) is 3.09. The summed E-state index contributed by atoms with van der Waals surface area (Å²) in [5.41, 5.74) is 2.12. The molecule has 1 heterocycles. The van der Waals surface area contributed by atoms with Crippen molar-refractivity contribution in [1.29, 1.82) is 0 Å². The summed E-state index contributed by atoms with van der Waals surface area (Å²) in [5, 5.41) is 3.70. The van der Waals surface area contributed by atoms with Gasteiger partial charge in [-0.15, -0.1) is 0 Å². The molecule has 3 heteroatoms. The van der Waals surface area contributed by atoms with E-state index in [9.17, 15) is 0 Å². The van der Waals surface area contributed by atoms with E-state index in [0.29, 0.717) is 6.04 Å². The van der Waals surface area contributed by atoms with Crippen LogP contribution in [0.1, 0.15) is 63.4 Å². The van der Waals surface area contributed by atoms with Crippen LogP contribution in [0.4, 0.5) is 0 Å². The molecule has 18 heavy (non-hydrogen) atoms. The Balaban J connectivity index is 1.94. The maximum atomic E-state index is 4.45. The maximum Gasteiger partial charge on any atom is 0.0782 e. The van der Waals surface area contributed by atoms with Gasteiger partial charge in [0, 0.05) is 24.5 Å². The lowest BCUT2D eigenvalue weighted by Crippen LogP contribution is -2.36. The van der Waals surface area contributed by atoms with Crippen LogP contribution in [0.15, 0.2) is 12.4 Å². The Kier molecular flexibility index (Phi) is 4.70. The Morgan fingerprint density at radius 3 is 2.44 bits per heavy atom. The third-order valence-electron chi connectivity index (χ3n) is 4.20. The molecular formula is C15H25N3. The van der Waals surface area contributed by atoms with Crippen LogP contribution in [0.3, 0.4) is 0 Å². The van der Waals surface area contributed by atoms with E-state index < -0.39 is 0 Å². The van der Waals surface area contributed by atoms with Crippen molar-refractivity contribution >= 4 is 0 Å². The predicted molar refractivity (Wildman–Crippen MR) is 74.4 cm³/mol. The highest BCUT2D eigenvalue weighted by Gasteiger charge is 2.22. The lowest BCUT2D eigenvalue weighted by molar-refractivity contribution is 0.267. The fraction of sp³-hybridized carbons (Fsp3) is 0.733. The van der Waals surface area contributed by atoms with Crippen LogP contribution in [0.25, 0.3) is 0 Å². The summed E-state index contributed by atoms with van der Waals surface area (Å²) in [6.45, 7) is 6.54. The molecule has 0 aromatic carbocycles. The van der Waals surface area contributed by atoms with Crippen molar-refractivity contribution in [2.24, 2.45) is 5.92 Å². The summed E-state index contributed by atoms with van der Waals surface area (Å²) in [7, 11) is 0. The summed E-state index contributed by atoms with van der Waals surface area (Å²) < 4.78 is 0. The number of hydrogen-bond donors (Lipinski definition) is 1. The van der Waals surface area contributed by atoms with E-state index in [0.717, 1.165) is 17.3 Å². The minimum Gasteiger partial charge on any atom is -0.306 e. The topological polar surface area (TPSA) is 37.8 Å². The molecule has 1 aliphatic carbocycles. The van der Waals surface area contributed by atoms with E-state index in [1.54, 1.807) is 12.4 Å². The molecule has 1 fully saturated rings. The monoisotopic (exact) mass is 247 g/mol. The Morgan fingerprint density at radius 2 is 1.78 bits per heavy atom. The molecule has 100 valence electrons. The first-order valence-electron chi connectivity index (χ1n) is 7.22. The van der Waals surface area contributed by atoms with Gasteiger partial charge in [0.25, 0.3) is 0 Å². The van der Waals surface area contributed by atoms with Gasteiger partial charge in [0.15, 0.2) is 0 Å². The Bertz CT molecular complexity index is 372. The van der Waals surface area contributed by atoms with Crippen LogP contribution in [-0.4, -0.2) is 16.0 Å². The largest absolute Gasteiger partial charge is 0.306 e. The van der Waals surface area contributed by atoms with Crippen molar-refractivity contribution in [2.75, 3.05) is 0 Å². The Labute approximate surface area is 110 Å². The molecule has 0 bridgehead atoms. The van der Waals surface area contributed by atoms with Gasteiger partial charge in [-0.1, -0.05) is 19.3 Å². The van der Waals surface area contributed by atoms with Gasteiger partial charge in [-0.05, 0) is 39.5 Å². The van der Waals surface area contributed by atoms with E-state index in [-0.39, 0.29) is 6.04 Å². The number of nitrogens with one attached hydrogen (secondary N) is 1. The van der Waals surface area contributed by atoms with Gasteiger partial charge in [-0.2, -0.15) is 0 Å². The van der Waals surface area contributed by atoms with Crippen molar-refractivity contribution in [2.45, 2.75) is 65.0 Å². The molecule has 3 nitrogen and oxygen atoms in total. The molecule has 2 atom stereocenters. The average Bonchev–Trinajstić information content (AvgIpc) is 2.40. The molecule has 0 aliphatic heterocycles. The van der Waals surface area contributed by atoms with Gasteiger partial charge < -0.3 is 5.32 Å². The average molecular weight is 247 g/mol. The molecule has 1 aliphatic rings. The molecule has 0 amide bonds. The second-order valence-corrected chi connectivity index (χ2v) is 5.60. The van der Waals surface area contributed by atoms with Crippen molar-refractivity contribution in [1.82, 2.24) is 15.3 Å².